The number of rotatable bonds is 5. The highest BCUT2D eigenvalue weighted by molar-refractivity contribution is 5.85. The fraction of sp³-hybridized carbons (Fsp3) is 0.417. The third-order valence-electron chi connectivity index (χ3n) is 6.17. The van der Waals surface area contributed by atoms with Gasteiger partial charge in [0.1, 0.15) is 0 Å². The summed E-state index contributed by atoms with van der Waals surface area (Å²) in [6.45, 7) is 8.60. The largest absolute Gasteiger partial charge is 0.379 e. The summed E-state index contributed by atoms with van der Waals surface area (Å²) in [6, 6.07) is 15.2. The first-order valence-electron chi connectivity index (χ1n) is 11.1. The van der Waals surface area contributed by atoms with Crippen molar-refractivity contribution in [3.8, 4) is 11.1 Å². The van der Waals surface area contributed by atoms with Gasteiger partial charge < -0.3 is 9.64 Å². The third kappa shape index (κ3) is 4.85. The highest BCUT2D eigenvalue weighted by Gasteiger charge is 2.16. The van der Waals surface area contributed by atoms with Gasteiger partial charge in [0.05, 0.1) is 18.7 Å². The Morgan fingerprint density at radius 1 is 0.968 bits per heavy atom. The van der Waals surface area contributed by atoms with E-state index in [1.165, 1.54) is 16.7 Å². The predicted octanol–water partition coefficient (Wildman–Crippen LogP) is 2.70. The number of nitrogens with zero attached hydrogens (tertiary/aromatic N) is 5. The van der Waals surface area contributed by atoms with E-state index in [2.05, 4.69) is 74.7 Å². The number of hydrogen-bond acceptors (Lipinski definition) is 7. The molecule has 0 radical (unpaired) electrons. The fourth-order valence-electron chi connectivity index (χ4n) is 4.25. The summed E-state index contributed by atoms with van der Waals surface area (Å²) in [7, 11) is 2.15. The highest BCUT2D eigenvalue weighted by Crippen LogP contribution is 2.28. The monoisotopic (exact) mass is 418 g/mol. The molecule has 2 fully saturated rings. The number of benzene rings is 2. The molecule has 162 valence electrons. The van der Waals surface area contributed by atoms with Crippen LogP contribution >= 0.6 is 0 Å². The molecule has 3 heterocycles. The maximum atomic E-state index is 5.50. The van der Waals surface area contributed by atoms with Gasteiger partial charge in [0, 0.05) is 57.4 Å². The van der Waals surface area contributed by atoms with E-state index in [-0.39, 0.29) is 0 Å². The average Bonchev–Trinajstić information content (AvgIpc) is 2.81. The van der Waals surface area contributed by atoms with Crippen LogP contribution in [0.25, 0.3) is 22.0 Å². The molecule has 0 unspecified atom stereocenters. The minimum Gasteiger partial charge on any atom is -0.379 e. The van der Waals surface area contributed by atoms with Gasteiger partial charge in [0.15, 0.2) is 0 Å². The number of anilines is 1. The van der Waals surface area contributed by atoms with E-state index in [0.29, 0.717) is 5.95 Å². The number of morpholine rings is 1. The van der Waals surface area contributed by atoms with E-state index < -0.39 is 0 Å². The SMILES string of the molecule is CN1CCN(Nc2ncc3cc(-c4ccccc4CN4CCOCC4)ccc3n2)CC1. The van der Waals surface area contributed by atoms with Crippen molar-refractivity contribution in [1.82, 2.24) is 24.8 Å². The number of aromatic nitrogens is 2. The van der Waals surface area contributed by atoms with Gasteiger partial charge in [0.2, 0.25) is 5.95 Å². The van der Waals surface area contributed by atoms with Crippen molar-refractivity contribution in [3.05, 3.63) is 54.2 Å². The van der Waals surface area contributed by atoms with Crippen LogP contribution in [0.15, 0.2) is 48.7 Å². The summed E-state index contributed by atoms with van der Waals surface area (Å²) in [5.74, 6) is 0.664. The average molecular weight is 419 g/mol. The molecule has 2 aliphatic rings. The smallest absolute Gasteiger partial charge is 0.238 e. The van der Waals surface area contributed by atoms with Crippen LogP contribution in [0.1, 0.15) is 5.56 Å². The van der Waals surface area contributed by atoms with Crippen molar-refractivity contribution >= 4 is 16.9 Å². The third-order valence-corrected chi connectivity index (χ3v) is 6.17. The molecule has 5 rings (SSSR count). The van der Waals surface area contributed by atoms with E-state index in [9.17, 15) is 0 Å². The highest BCUT2D eigenvalue weighted by atomic mass is 16.5. The quantitative estimate of drug-likeness (QED) is 0.684. The van der Waals surface area contributed by atoms with E-state index >= 15 is 0 Å². The van der Waals surface area contributed by atoms with Crippen molar-refractivity contribution in [3.63, 3.8) is 0 Å². The molecule has 2 aromatic carbocycles. The summed E-state index contributed by atoms with van der Waals surface area (Å²) in [5.41, 5.74) is 8.15. The first-order valence-corrected chi connectivity index (χ1v) is 11.1. The van der Waals surface area contributed by atoms with Crippen molar-refractivity contribution in [1.29, 1.82) is 0 Å². The lowest BCUT2D eigenvalue weighted by Gasteiger charge is -2.32. The van der Waals surface area contributed by atoms with Crippen molar-refractivity contribution < 1.29 is 4.74 Å². The lowest BCUT2D eigenvalue weighted by atomic mass is 9.98. The zero-order valence-electron chi connectivity index (χ0n) is 18.1. The van der Waals surface area contributed by atoms with Crippen molar-refractivity contribution in [2.45, 2.75) is 6.54 Å². The molecule has 7 heteroatoms. The molecule has 0 saturated carbocycles. The van der Waals surface area contributed by atoms with Gasteiger partial charge in [-0.25, -0.2) is 15.0 Å². The lowest BCUT2D eigenvalue weighted by Crippen LogP contribution is -2.47. The van der Waals surface area contributed by atoms with Crippen molar-refractivity contribution in [2.24, 2.45) is 0 Å². The fourth-order valence-corrected chi connectivity index (χ4v) is 4.25. The molecule has 0 aliphatic carbocycles. The molecule has 1 aromatic heterocycles. The molecule has 0 spiro atoms. The second kappa shape index (κ2) is 9.28. The number of piperazine rings is 1. The van der Waals surface area contributed by atoms with Crippen LogP contribution in [-0.2, 0) is 11.3 Å². The Kier molecular flexibility index (Phi) is 6.08. The normalized spacial score (nSPS) is 19.0. The topological polar surface area (TPSA) is 56.8 Å². The second-order valence-electron chi connectivity index (χ2n) is 8.41. The number of hydrazine groups is 1. The zero-order valence-corrected chi connectivity index (χ0v) is 18.1. The van der Waals surface area contributed by atoms with Gasteiger partial charge in [-0.3, -0.25) is 10.3 Å². The number of fused-ring (bicyclic) bond motifs is 1. The summed E-state index contributed by atoms with van der Waals surface area (Å²) in [4.78, 5) is 14.1. The van der Waals surface area contributed by atoms with Crippen molar-refractivity contribution in [2.75, 3.05) is 65.0 Å². The Hall–Kier alpha value is -2.58. The number of hydrogen-bond donors (Lipinski definition) is 1. The van der Waals surface area contributed by atoms with E-state index in [1.807, 2.05) is 6.20 Å². The van der Waals surface area contributed by atoms with E-state index in [1.54, 1.807) is 0 Å². The summed E-state index contributed by atoms with van der Waals surface area (Å²) in [5, 5.41) is 3.25. The Bertz CT molecular complexity index is 1030. The maximum absolute atomic E-state index is 5.50. The predicted molar refractivity (Wildman–Crippen MR) is 124 cm³/mol. The molecule has 7 nitrogen and oxygen atoms in total. The Morgan fingerprint density at radius 2 is 1.77 bits per heavy atom. The van der Waals surface area contributed by atoms with Gasteiger partial charge in [-0.2, -0.15) is 0 Å². The lowest BCUT2D eigenvalue weighted by molar-refractivity contribution is 0.0342. The molecule has 3 aromatic rings. The first-order chi connectivity index (χ1) is 15.2. The van der Waals surface area contributed by atoms with Crippen LogP contribution in [0.4, 0.5) is 5.95 Å². The Labute approximate surface area is 183 Å². The van der Waals surface area contributed by atoms with Crippen LogP contribution < -0.4 is 5.43 Å². The summed E-state index contributed by atoms with van der Waals surface area (Å²) in [6.07, 6.45) is 1.93. The molecule has 31 heavy (non-hydrogen) atoms. The maximum Gasteiger partial charge on any atom is 0.238 e. The van der Waals surface area contributed by atoms with Crippen LogP contribution in [0.3, 0.4) is 0 Å². The number of ether oxygens (including phenoxy) is 1. The van der Waals surface area contributed by atoms with E-state index in [0.717, 1.165) is 69.9 Å². The summed E-state index contributed by atoms with van der Waals surface area (Å²) < 4.78 is 5.50. The van der Waals surface area contributed by atoms with Gasteiger partial charge in [-0.1, -0.05) is 30.3 Å². The molecule has 0 amide bonds. The molecular formula is C24H30N6O. The second-order valence-corrected chi connectivity index (χ2v) is 8.41. The molecule has 1 N–H and O–H groups in total. The Balaban J connectivity index is 1.35. The molecule has 0 bridgehead atoms. The minimum atomic E-state index is 0.664. The molecular weight excluding hydrogens is 388 g/mol. The molecule has 0 atom stereocenters. The first kappa shape index (κ1) is 20.3. The van der Waals surface area contributed by atoms with Crippen LogP contribution in [-0.4, -0.2) is 84.3 Å². The number of nitrogens with one attached hydrogen (secondary N) is 1. The minimum absolute atomic E-state index is 0.664. The molecule has 2 saturated heterocycles. The van der Waals surface area contributed by atoms with Crippen LogP contribution in [0, 0.1) is 0 Å². The van der Waals surface area contributed by atoms with Gasteiger partial charge >= 0.3 is 0 Å². The van der Waals surface area contributed by atoms with Gasteiger partial charge in [0.25, 0.3) is 0 Å². The zero-order chi connectivity index (χ0) is 21.0. The Morgan fingerprint density at radius 3 is 2.61 bits per heavy atom. The van der Waals surface area contributed by atoms with Crippen LogP contribution in [0.2, 0.25) is 0 Å². The van der Waals surface area contributed by atoms with Gasteiger partial charge in [-0.05, 0) is 35.9 Å². The standard InChI is InChI=1S/C24H30N6O/c1-28-8-10-30(11-9-28)27-24-25-17-21-16-19(6-7-23(21)26-24)22-5-3-2-4-20(22)18-29-12-14-31-15-13-29/h2-7,16-17H,8-15,18H2,1H3,(H,25,26,27). The van der Waals surface area contributed by atoms with Crippen LogP contribution in [0.5, 0.6) is 0 Å². The van der Waals surface area contributed by atoms with Gasteiger partial charge in [-0.15, -0.1) is 0 Å². The van der Waals surface area contributed by atoms with E-state index in [4.69, 9.17) is 9.72 Å². The number of likely N-dealkylation sites (N-methyl/N-ethyl adjacent to an activating group) is 1. The summed E-state index contributed by atoms with van der Waals surface area (Å²) >= 11 is 0. The molecule has 2 aliphatic heterocycles.